The molecule has 1 aromatic rings. The van der Waals surface area contributed by atoms with Crippen molar-refractivity contribution in [3.05, 3.63) is 24.3 Å². The molecule has 0 aliphatic heterocycles. The zero-order valence-corrected chi connectivity index (χ0v) is 12.8. The standard InChI is InChI=1S/C13H21N3O3S/c1-10(2)16(9-8-14)20(18,19)13-6-4-12(5-7-13)15-11(3)17/h4-7,10H,8-9,14H2,1-3H3,(H,15,17). The summed E-state index contributed by atoms with van der Waals surface area (Å²) in [6, 6.07) is 5.92. The lowest BCUT2D eigenvalue weighted by atomic mass is 10.3. The number of nitrogens with zero attached hydrogens (tertiary/aromatic N) is 1. The van der Waals surface area contributed by atoms with E-state index >= 15 is 0 Å². The van der Waals surface area contributed by atoms with Gasteiger partial charge in [-0.2, -0.15) is 4.31 Å². The van der Waals surface area contributed by atoms with Crippen molar-refractivity contribution in [1.82, 2.24) is 4.31 Å². The van der Waals surface area contributed by atoms with Gasteiger partial charge >= 0.3 is 0 Å². The van der Waals surface area contributed by atoms with Gasteiger partial charge in [-0.05, 0) is 38.1 Å². The van der Waals surface area contributed by atoms with Gasteiger partial charge in [0, 0.05) is 31.7 Å². The minimum atomic E-state index is -3.57. The summed E-state index contributed by atoms with van der Waals surface area (Å²) in [7, 11) is -3.57. The Balaban J connectivity index is 3.05. The number of amides is 1. The Morgan fingerprint density at radius 1 is 1.30 bits per heavy atom. The molecule has 0 aliphatic carbocycles. The van der Waals surface area contributed by atoms with Crippen LogP contribution < -0.4 is 11.1 Å². The Morgan fingerprint density at radius 3 is 2.25 bits per heavy atom. The second kappa shape index (κ2) is 6.83. The van der Waals surface area contributed by atoms with E-state index in [-0.39, 0.29) is 29.9 Å². The fraction of sp³-hybridized carbons (Fsp3) is 0.462. The maximum atomic E-state index is 12.5. The molecule has 0 unspecified atom stereocenters. The number of benzene rings is 1. The van der Waals surface area contributed by atoms with E-state index in [1.54, 1.807) is 26.0 Å². The van der Waals surface area contributed by atoms with E-state index in [0.717, 1.165) is 0 Å². The zero-order chi connectivity index (χ0) is 15.3. The van der Waals surface area contributed by atoms with Gasteiger partial charge in [0.15, 0.2) is 0 Å². The summed E-state index contributed by atoms with van der Waals surface area (Å²) in [5.41, 5.74) is 6.03. The van der Waals surface area contributed by atoms with Crippen LogP contribution in [0.25, 0.3) is 0 Å². The van der Waals surface area contributed by atoms with Crippen molar-refractivity contribution in [2.24, 2.45) is 5.73 Å². The summed E-state index contributed by atoms with van der Waals surface area (Å²) in [5.74, 6) is -0.201. The number of hydrogen-bond donors (Lipinski definition) is 2. The number of rotatable bonds is 6. The fourth-order valence-electron chi connectivity index (χ4n) is 1.83. The summed E-state index contributed by atoms with van der Waals surface area (Å²) in [6.07, 6.45) is 0. The molecule has 0 radical (unpaired) electrons. The monoisotopic (exact) mass is 299 g/mol. The van der Waals surface area contributed by atoms with E-state index in [0.29, 0.717) is 5.69 Å². The van der Waals surface area contributed by atoms with Crippen LogP contribution in [0.5, 0.6) is 0 Å². The molecule has 0 fully saturated rings. The normalized spacial score (nSPS) is 11.9. The number of sulfonamides is 1. The van der Waals surface area contributed by atoms with Gasteiger partial charge in [-0.25, -0.2) is 8.42 Å². The maximum Gasteiger partial charge on any atom is 0.243 e. The van der Waals surface area contributed by atoms with Crippen LogP contribution in [0.3, 0.4) is 0 Å². The third-order valence-electron chi connectivity index (χ3n) is 2.71. The van der Waals surface area contributed by atoms with E-state index in [1.165, 1.54) is 23.4 Å². The van der Waals surface area contributed by atoms with Crippen LogP contribution in [-0.4, -0.2) is 37.8 Å². The summed E-state index contributed by atoms with van der Waals surface area (Å²) in [4.78, 5) is 11.1. The molecule has 112 valence electrons. The first-order chi connectivity index (χ1) is 9.28. The highest BCUT2D eigenvalue weighted by molar-refractivity contribution is 7.89. The Labute approximate surface area is 120 Å². The van der Waals surface area contributed by atoms with Crippen LogP contribution >= 0.6 is 0 Å². The largest absolute Gasteiger partial charge is 0.329 e. The fourth-order valence-corrected chi connectivity index (χ4v) is 3.48. The lowest BCUT2D eigenvalue weighted by molar-refractivity contribution is -0.114. The van der Waals surface area contributed by atoms with Gasteiger partial charge in [-0.3, -0.25) is 4.79 Å². The lowest BCUT2D eigenvalue weighted by Gasteiger charge is -2.25. The van der Waals surface area contributed by atoms with Gasteiger partial charge in [-0.15, -0.1) is 0 Å². The number of carbonyl (C=O) groups excluding carboxylic acids is 1. The first-order valence-electron chi connectivity index (χ1n) is 6.38. The van der Waals surface area contributed by atoms with E-state index in [2.05, 4.69) is 5.32 Å². The molecule has 0 saturated heterocycles. The van der Waals surface area contributed by atoms with Gasteiger partial charge in [0.05, 0.1) is 4.90 Å². The predicted octanol–water partition coefficient (Wildman–Crippen LogP) is 1.00. The zero-order valence-electron chi connectivity index (χ0n) is 12.0. The van der Waals surface area contributed by atoms with Crippen molar-refractivity contribution in [3.63, 3.8) is 0 Å². The Hall–Kier alpha value is -1.44. The van der Waals surface area contributed by atoms with E-state index in [4.69, 9.17) is 5.73 Å². The van der Waals surface area contributed by atoms with Crippen molar-refractivity contribution in [1.29, 1.82) is 0 Å². The number of anilines is 1. The van der Waals surface area contributed by atoms with E-state index in [9.17, 15) is 13.2 Å². The molecule has 0 spiro atoms. The Bertz CT molecular complexity index is 553. The third-order valence-corrected chi connectivity index (χ3v) is 4.80. The smallest absolute Gasteiger partial charge is 0.243 e. The molecule has 6 nitrogen and oxygen atoms in total. The second-order valence-corrected chi connectivity index (χ2v) is 6.59. The quantitative estimate of drug-likeness (QED) is 0.819. The summed E-state index contributed by atoms with van der Waals surface area (Å²) in [6.45, 7) is 5.54. The SMILES string of the molecule is CC(=O)Nc1ccc(S(=O)(=O)N(CCN)C(C)C)cc1. The molecular formula is C13H21N3O3S. The summed E-state index contributed by atoms with van der Waals surface area (Å²) >= 11 is 0. The average Bonchev–Trinajstić information content (AvgIpc) is 2.35. The van der Waals surface area contributed by atoms with Gasteiger partial charge < -0.3 is 11.1 Å². The molecule has 20 heavy (non-hydrogen) atoms. The van der Waals surface area contributed by atoms with E-state index in [1.807, 2.05) is 0 Å². The van der Waals surface area contributed by atoms with Crippen LogP contribution in [0.4, 0.5) is 5.69 Å². The number of nitrogens with two attached hydrogens (primary N) is 1. The number of carbonyl (C=O) groups is 1. The van der Waals surface area contributed by atoms with Gasteiger partial charge in [0.25, 0.3) is 0 Å². The van der Waals surface area contributed by atoms with E-state index < -0.39 is 10.0 Å². The topological polar surface area (TPSA) is 92.5 Å². The molecule has 7 heteroatoms. The van der Waals surface area contributed by atoms with Crippen LogP contribution in [0.15, 0.2) is 29.2 Å². The van der Waals surface area contributed by atoms with Crippen LogP contribution in [0, 0.1) is 0 Å². The van der Waals surface area contributed by atoms with Crippen LogP contribution in [-0.2, 0) is 14.8 Å². The summed E-state index contributed by atoms with van der Waals surface area (Å²) in [5, 5.41) is 2.59. The molecule has 1 aromatic carbocycles. The second-order valence-electron chi connectivity index (χ2n) is 4.70. The maximum absolute atomic E-state index is 12.5. The minimum absolute atomic E-state index is 0.168. The van der Waals surface area contributed by atoms with Crippen LogP contribution in [0.2, 0.25) is 0 Å². The van der Waals surface area contributed by atoms with Crippen molar-refractivity contribution < 1.29 is 13.2 Å². The van der Waals surface area contributed by atoms with Crippen molar-refractivity contribution in [3.8, 4) is 0 Å². The lowest BCUT2D eigenvalue weighted by Crippen LogP contribution is -2.40. The average molecular weight is 299 g/mol. The predicted molar refractivity (Wildman–Crippen MR) is 78.8 cm³/mol. The number of hydrogen-bond acceptors (Lipinski definition) is 4. The van der Waals surface area contributed by atoms with Crippen molar-refractivity contribution >= 4 is 21.6 Å². The molecule has 0 aliphatic rings. The highest BCUT2D eigenvalue weighted by Gasteiger charge is 2.26. The molecule has 0 saturated carbocycles. The highest BCUT2D eigenvalue weighted by atomic mass is 32.2. The third kappa shape index (κ3) is 4.03. The van der Waals surface area contributed by atoms with Gasteiger partial charge in [-0.1, -0.05) is 0 Å². The molecule has 1 amide bonds. The van der Waals surface area contributed by atoms with Crippen LogP contribution in [0.1, 0.15) is 20.8 Å². The summed E-state index contributed by atoms with van der Waals surface area (Å²) < 4.78 is 26.3. The number of nitrogens with one attached hydrogen (secondary N) is 1. The van der Waals surface area contributed by atoms with Crippen molar-refractivity contribution in [2.45, 2.75) is 31.7 Å². The molecule has 0 aromatic heterocycles. The minimum Gasteiger partial charge on any atom is -0.329 e. The molecule has 0 bridgehead atoms. The molecule has 1 rings (SSSR count). The van der Waals surface area contributed by atoms with Gasteiger partial charge in [0.1, 0.15) is 0 Å². The molecule has 0 atom stereocenters. The molecule has 0 heterocycles. The molecular weight excluding hydrogens is 278 g/mol. The molecule has 3 N–H and O–H groups in total. The first kappa shape index (κ1) is 16.6. The first-order valence-corrected chi connectivity index (χ1v) is 7.82. The van der Waals surface area contributed by atoms with Gasteiger partial charge in [0.2, 0.25) is 15.9 Å². The Kier molecular flexibility index (Phi) is 5.67. The highest BCUT2D eigenvalue weighted by Crippen LogP contribution is 2.20. The Morgan fingerprint density at radius 2 is 1.85 bits per heavy atom. The van der Waals surface area contributed by atoms with Crippen molar-refractivity contribution in [2.75, 3.05) is 18.4 Å².